The molecule has 0 spiro atoms. The van der Waals surface area contributed by atoms with Gasteiger partial charge in [0.1, 0.15) is 0 Å². The maximum atomic E-state index is 11.1. The second-order valence-electron chi connectivity index (χ2n) is 6.52. The van der Waals surface area contributed by atoms with Gasteiger partial charge in [0.05, 0.1) is 16.1 Å². The maximum Gasteiger partial charge on any atom is 0.376 e. The summed E-state index contributed by atoms with van der Waals surface area (Å²) in [7, 11) is -0.589. The number of nitrogens with zero attached hydrogens (tertiary/aromatic N) is 1. The third-order valence-corrected chi connectivity index (χ3v) is 5.42. The second-order valence-corrected chi connectivity index (χ2v) is 7.34. The van der Waals surface area contributed by atoms with Gasteiger partial charge in [0.25, 0.3) is 0 Å². The zero-order valence-corrected chi connectivity index (χ0v) is 14.9. The summed E-state index contributed by atoms with van der Waals surface area (Å²) < 4.78 is 0. The van der Waals surface area contributed by atoms with Gasteiger partial charge in [-0.15, -0.1) is 0 Å². The lowest BCUT2D eigenvalue weighted by Gasteiger charge is -2.43. The highest BCUT2D eigenvalue weighted by Crippen LogP contribution is 2.46. The monoisotopic (exact) mass is 343 g/mol. The summed E-state index contributed by atoms with van der Waals surface area (Å²) in [4.78, 5) is 2.04. The third kappa shape index (κ3) is 3.32. The summed E-state index contributed by atoms with van der Waals surface area (Å²) >= 11 is 12.1. The van der Waals surface area contributed by atoms with E-state index in [0.717, 1.165) is 31.4 Å². The molecule has 1 heterocycles. The van der Waals surface area contributed by atoms with Crippen LogP contribution in [0.25, 0.3) is 0 Å². The standard InChI is InChI=1S/C16H24BCl2NO2/c1-4-7-16(9-11(2)10-20(16)17(3)22)15(21)12-5-6-13(18)14(19)8-12/h5-6,8,11,15,21-22H,4,7,9-10H2,1-3H3/t11-,15?,16?/m1/s1. The molecule has 6 heteroatoms. The lowest BCUT2D eigenvalue weighted by atomic mass is 9.73. The van der Waals surface area contributed by atoms with E-state index in [2.05, 4.69) is 13.8 Å². The van der Waals surface area contributed by atoms with E-state index >= 15 is 0 Å². The minimum atomic E-state index is -0.707. The van der Waals surface area contributed by atoms with Crippen LogP contribution < -0.4 is 0 Å². The van der Waals surface area contributed by atoms with E-state index in [1.807, 2.05) is 10.9 Å². The van der Waals surface area contributed by atoms with Gasteiger partial charge in [-0.2, -0.15) is 0 Å². The minimum absolute atomic E-state index is 0.429. The van der Waals surface area contributed by atoms with Crippen molar-refractivity contribution in [1.29, 1.82) is 0 Å². The Morgan fingerprint density at radius 2 is 2.09 bits per heavy atom. The predicted octanol–water partition coefficient (Wildman–Crippen LogP) is 4.02. The molecule has 0 aliphatic carbocycles. The summed E-state index contributed by atoms with van der Waals surface area (Å²) in [5, 5.41) is 22.2. The normalized spacial score (nSPS) is 27.1. The molecule has 1 saturated heterocycles. The van der Waals surface area contributed by atoms with Gasteiger partial charge in [0, 0.05) is 5.54 Å². The second kappa shape index (κ2) is 7.10. The molecule has 2 rings (SSSR count). The molecule has 0 radical (unpaired) electrons. The fraction of sp³-hybridized carbons (Fsp3) is 0.625. The molecule has 0 bridgehead atoms. The predicted molar refractivity (Wildman–Crippen MR) is 93.4 cm³/mol. The first-order valence-electron chi connectivity index (χ1n) is 7.89. The van der Waals surface area contributed by atoms with Crippen molar-refractivity contribution in [3.8, 4) is 0 Å². The Bertz CT molecular complexity index is 529. The van der Waals surface area contributed by atoms with E-state index in [0.29, 0.717) is 16.0 Å². The number of rotatable bonds is 5. The van der Waals surface area contributed by atoms with Crippen LogP contribution in [0.4, 0.5) is 0 Å². The van der Waals surface area contributed by atoms with Gasteiger partial charge in [-0.05, 0) is 49.8 Å². The van der Waals surface area contributed by atoms with Crippen molar-refractivity contribution in [3.63, 3.8) is 0 Å². The maximum absolute atomic E-state index is 11.1. The molecule has 0 saturated carbocycles. The Morgan fingerprint density at radius 1 is 1.41 bits per heavy atom. The summed E-state index contributed by atoms with van der Waals surface area (Å²) in [6, 6.07) is 5.27. The van der Waals surface area contributed by atoms with Gasteiger partial charge < -0.3 is 14.9 Å². The zero-order valence-electron chi connectivity index (χ0n) is 13.4. The van der Waals surface area contributed by atoms with E-state index in [1.165, 1.54) is 0 Å². The van der Waals surface area contributed by atoms with Gasteiger partial charge in [0.2, 0.25) is 0 Å². The lowest BCUT2D eigenvalue weighted by molar-refractivity contribution is 0.0139. The zero-order chi connectivity index (χ0) is 16.5. The SMILES string of the molecule is CCCC1(C(O)c2ccc(Cl)c(Cl)c2)C[C@@H](C)CN1B(C)O. The first-order chi connectivity index (χ1) is 10.3. The van der Waals surface area contributed by atoms with E-state index in [1.54, 1.807) is 19.0 Å². The fourth-order valence-corrected chi connectivity index (χ4v) is 4.21. The molecule has 0 amide bonds. The Kier molecular flexibility index (Phi) is 5.84. The van der Waals surface area contributed by atoms with Crippen LogP contribution in [0.5, 0.6) is 0 Å². The Hall–Kier alpha value is -0.255. The van der Waals surface area contributed by atoms with Gasteiger partial charge in [-0.1, -0.05) is 49.5 Å². The Labute approximate surface area is 143 Å². The largest absolute Gasteiger partial charge is 0.437 e. The highest BCUT2D eigenvalue weighted by Gasteiger charge is 2.51. The van der Waals surface area contributed by atoms with Crippen LogP contribution in [0, 0.1) is 5.92 Å². The first kappa shape index (κ1) is 18.1. The van der Waals surface area contributed by atoms with Crippen molar-refractivity contribution in [2.24, 2.45) is 5.92 Å². The molecule has 3 atom stereocenters. The van der Waals surface area contributed by atoms with Crippen molar-refractivity contribution < 1.29 is 10.1 Å². The summed E-state index contributed by atoms with van der Waals surface area (Å²) in [6.07, 6.45) is 1.91. The van der Waals surface area contributed by atoms with Crippen molar-refractivity contribution in [3.05, 3.63) is 33.8 Å². The van der Waals surface area contributed by atoms with Crippen LogP contribution in [-0.4, -0.2) is 34.1 Å². The van der Waals surface area contributed by atoms with Crippen molar-refractivity contribution in [2.45, 2.75) is 51.6 Å². The number of halogens is 2. The number of hydrogen-bond acceptors (Lipinski definition) is 3. The van der Waals surface area contributed by atoms with Crippen LogP contribution in [0.3, 0.4) is 0 Å². The molecule has 22 heavy (non-hydrogen) atoms. The summed E-state index contributed by atoms with van der Waals surface area (Å²) in [5.41, 5.74) is 0.294. The van der Waals surface area contributed by atoms with E-state index in [9.17, 15) is 10.1 Å². The van der Waals surface area contributed by atoms with Crippen molar-refractivity contribution in [2.75, 3.05) is 6.54 Å². The quantitative estimate of drug-likeness (QED) is 0.793. The highest BCUT2D eigenvalue weighted by atomic mass is 35.5. The third-order valence-electron chi connectivity index (χ3n) is 4.68. The molecule has 1 aromatic carbocycles. The molecule has 0 aromatic heterocycles. The summed E-state index contributed by atoms with van der Waals surface area (Å²) in [6.45, 7) is 6.82. The fourth-order valence-electron chi connectivity index (χ4n) is 3.90. The summed E-state index contributed by atoms with van der Waals surface area (Å²) in [5.74, 6) is 0.429. The van der Waals surface area contributed by atoms with Crippen molar-refractivity contribution >= 4 is 30.3 Å². The number of hydrogen-bond donors (Lipinski definition) is 2. The molecule has 2 unspecified atom stereocenters. The first-order valence-corrected chi connectivity index (χ1v) is 8.65. The van der Waals surface area contributed by atoms with E-state index in [-0.39, 0.29) is 0 Å². The van der Waals surface area contributed by atoms with E-state index < -0.39 is 18.7 Å². The lowest BCUT2D eigenvalue weighted by Crippen LogP contribution is -2.54. The molecule has 1 fully saturated rings. The molecule has 1 aromatic rings. The Balaban J connectivity index is 2.43. The average molecular weight is 344 g/mol. The van der Waals surface area contributed by atoms with Crippen LogP contribution in [-0.2, 0) is 0 Å². The topological polar surface area (TPSA) is 43.7 Å². The molecule has 122 valence electrons. The average Bonchev–Trinajstić information content (AvgIpc) is 2.79. The van der Waals surface area contributed by atoms with Gasteiger partial charge in [0.15, 0.2) is 0 Å². The molecular formula is C16H24BCl2NO2. The highest BCUT2D eigenvalue weighted by molar-refractivity contribution is 6.45. The Morgan fingerprint density at radius 3 is 2.64 bits per heavy atom. The van der Waals surface area contributed by atoms with Crippen LogP contribution in [0.1, 0.15) is 44.8 Å². The van der Waals surface area contributed by atoms with Gasteiger partial charge >= 0.3 is 7.05 Å². The minimum Gasteiger partial charge on any atom is -0.437 e. The molecule has 3 nitrogen and oxygen atoms in total. The number of benzene rings is 1. The van der Waals surface area contributed by atoms with Crippen LogP contribution >= 0.6 is 23.2 Å². The van der Waals surface area contributed by atoms with Crippen molar-refractivity contribution in [1.82, 2.24) is 4.81 Å². The number of aliphatic hydroxyl groups is 1. The van der Waals surface area contributed by atoms with Gasteiger partial charge in [-0.25, -0.2) is 0 Å². The smallest absolute Gasteiger partial charge is 0.376 e. The molecule has 2 N–H and O–H groups in total. The van der Waals surface area contributed by atoms with Gasteiger partial charge in [-0.3, -0.25) is 0 Å². The van der Waals surface area contributed by atoms with E-state index in [4.69, 9.17) is 23.2 Å². The number of aliphatic hydroxyl groups excluding tert-OH is 1. The van der Waals surface area contributed by atoms with Crippen LogP contribution in [0.2, 0.25) is 16.9 Å². The molecule has 1 aliphatic rings. The molecule has 1 aliphatic heterocycles. The molecular weight excluding hydrogens is 320 g/mol. The van der Waals surface area contributed by atoms with Crippen LogP contribution in [0.15, 0.2) is 18.2 Å².